The fraction of sp³-hybridized carbons (Fsp3) is 0.211. The molecule has 2 aromatic carbocycles. The number of ether oxygens (including phenoxy) is 2. The minimum absolute atomic E-state index is 0.526. The van der Waals surface area contributed by atoms with Crippen molar-refractivity contribution in [3.05, 3.63) is 71.2 Å². The first-order valence-electron chi connectivity index (χ1n) is 7.66. The molecule has 3 rings (SSSR count). The van der Waals surface area contributed by atoms with E-state index in [4.69, 9.17) is 9.47 Å². The zero-order chi connectivity index (χ0) is 16.5. The van der Waals surface area contributed by atoms with Gasteiger partial charge in [0.2, 0.25) is 0 Å². The average molecular weight is 327 g/mol. The van der Waals surface area contributed by atoms with E-state index >= 15 is 0 Å². The molecule has 1 aromatic heterocycles. The van der Waals surface area contributed by atoms with E-state index in [1.165, 1.54) is 17.1 Å². The van der Waals surface area contributed by atoms with Crippen LogP contribution in [0.15, 0.2) is 60.8 Å². The molecule has 4 heteroatoms. The maximum absolute atomic E-state index is 5.82. The van der Waals surface area contributed by atoms with Crippen molar-refractivity contribution >= 4 is 11.5 Å². The Balaban J connectivity index is 0.000000924. The van der Waals surface area contributed by atoms with E-state index in [0.717, 1.165) is 22.1 Å². The molecule has 0 aliphatic rings. The summed E-state index contributed by atoms with van der Waals surface area (Å²) in [7, 11) is 0. The minimum Gasteiger partial charge on any atom is -0.488 e. The van der Waals surface area contributed by atoms with Crippen LogP contribution in [0.1, 0.15) is 24.3 Å². The van der Waals surface area contributed by atoms with Gasteiger partial charge in [-0.3, -0.25) is 0 Å². The number of aryl methyl sites for hydroxylation is 1. The van der Waals surface area contributed by atoms with Crippen LogP contribution < -0.4 is 9.47 Å². The van der Waals surface area contributed by atoms with E-state index in [9.17, 15) is 0 Å². The molecule has 0 radical (unpaired) electrons. The summed E-state index contributed by atoms with van der Waals surface area (Å²) in [5.41, 5.74) is 1.21. The van der Waals surface area contributed by atoms with Crippen molar-refractivity contribution in [2.45, 2.75) is 27.4 Å². The Morgan fingerprint density at radius 2 is 1.65 bits per heavy atom. The van der Waals surface area contributed by atoms with Crippen LogP contribution in [0, 0.1) is 6.92 Å². The third-order valence-corrected chi connectivity index (χ3v) is 3.65. The molecule has 0 bridgehead atoms. The van der Waals surface area contributed by atoms with Crippen molar-refractivity contribution in [1.82, 2.24) is 4.37 Å². The second-order valence-corrected chi connectivity index (χ2v) is 5.58. The summed E-state index contributed by atoms with van der Waals surface area (Å²) in [4.78, 5) is 1.10. The fourth-order valence-electron chi connectivity index (χ4n) is 1.84. The highest BCUT2D eigenvalue weighted by Gasteiger charge is 2.01. The molecular formula is C19H21NO2S. The van der Waals surface area contributed by atoms with Gasteiger partial charge in [0.1, 0.15) is 23.9 Å². The standard InChI is InChI=1S/C17H15NO2S.C2H6/c1-13-5-7-14(8-6-13)20-16-4-2-3-15(11-16)19-12-17-9-10-18-21-17;1-2/h2-11H,12H2,1H3;1-2H3. The van der Waals surface area contributed by atoms with Crippen LogP contribution >= 0.6 is 11.5 Å². The largest absolute Gasteiger partial charge is 0.488 e. The molecule has 1 heterocycles. The van der Waals surface area contributed by atoms with Crippen LogP contribution in [0.4, 0.5) is 0 Å². The second kappa shape index (κ2) is 8.96. The molecule has 0 spiro atoms. The summed E-state index contributed by atoms with van der Waals surface area (Å²) in [5.74, 6) is 2.37. The molecule has 0 saturated heterocycles. The Labute approximate surface area is 141 Å². The van der Waals surface area contributed by atoms with Gasteiger partial charge in [-0.2, -0.15) is 0 Å². The topological polar surface area (TPSA) is 31.4 Å². The summed E-state index contributed by atoms with van der Waals surface area (Å²) in [5, 5.41) is 0. The second-order valence-electron chi connectivity index (χ2n) is 4.66. The predicted octanol–water partition coefficient (Wildman–Crippen LogP) is 5.85. The third kappa shape index (κ3) is 5.42. The number of hydrogen-bond acceptors (Lipinski definition) is 4. The van der Waals surface area contributed by atoms with Crippen molar-refractivity contribution < 1.29 is 9.47 Å². The van der Waals surface area contributed by atoms with E-state index in [1.807, 2.05) is 68.4 Å². The van der Waals surface area contributed by atoms with Crippen molar-refractivity contribution in [1.29, 1.82) is 0 Å². The number of aromatic nitrogens is 1. The average Bonchev–Trinajstić information content (AvgIpc) is 3.11. The van der Waals surface area contributed by atoms with Gasteiger partial charge in [-0.25, -0.2) is 4.37 Å². The van der Waals surface area contributed by atoms with Crippen LogP contribution in [-0.2, 0) is 6.61 Å². The lowest BCUT2D eigenvalue weighted by molar-refractivity contribution is 0.308. The molecule has 0 amide bonds. The van der Waals surface area contributed by atoms with Gasteiger partial charge in [0.15, 0.2) is 0 Å². The molecule has 23 heavy (non-hydrogen) atoms. The maximum Gasteiger partial charge on any atom is 0.131 e. The Morgan fingerprint density at radius 1 is 0.913 bits per heavy atom. The van der Waals surface area contributed by atoms with Gasteiger partial charge in [0, 0.05) is 12.3 Å². The normalized spacial score (nSPS) is 9.70. The molecule has 0 aliphatic carbocycles. The number of nitrogens with zero attached hydrogens (tertiary/aromatic N) is 1. The van der Waals surface area contributed by atoms with Crippen molar-refractivity contribution in [3.8, 4) is 17.2 Å². The first-order chi connectivity index (χ1) is 11.3. The van der Waals surface area contributed by atoms with Crippen LogP contribution in [0.25, 0.3) is 0 Å². The molecule has 3 aromatic rings. The summed E-state index contributed by atoms with van der Waals surface area (Å²) in [6.07, 6.45) is 1.78. The SMILES string of the molecule is CC.Cc1ccc(Oc2cccc(OCc3ccns3)c2)cc1. The molecule has 120 valence electrons. The monoisotopic (exact) mass is 327 g/mol. The highest BCUT2D eigenvalue weighted by atomic mass is 32.1. The van der Waals surface area contributed by atoms with Gasteiger partial charge in [-0.1, -0.05) is 37.6 Å². The summed E-state index contributed by atoms with van der Waals surface area (Å²) < 4.78 is 15.6. The molecule has 3 nitrogen and oxygen atoms in total. The molecule has 0 fully saturated rings. The van der Waals surface area contributed by atoms with E-state index in [2.05, 4.69) is 11.3 Å². The Morgan fingerprint density at radius 3 is 2.35 bits per heavy atom. The summed E-state index contributed by atoms with van der Waals surface area (Å²) >= 11 is 1.44. The van der Waals surface area contributed by atoms with Gasteiger partial charge in [-0.05, 0) is 48.8 Å². The highest BCUT2D eigenvalue weighted by Crippen LogP contribution is 2.26. The molecule has 0 saturated carbocycles. The Bertz CT molecular complexity index is 694. The van der Waals surface area contributed by atoms with Gasteiger partial charge < -0.3 is 9.47 Å². The van der Waals surface area contributed by atoms with Gasteiger partial charge in [-0.15, -0.1) is 0 Å². The van der Waals surface area contributed by atoms with Gasteiger partial charge >= 0.3 is 0 Å². The van der Waals surface area contributed by atoms with E-state index in [-0.39, 0.29) is 0 Å². The smallest absolute Gasteiger partial charge is 0.131 e. The predicted molar refractivity (Wildman–Crippen MR) is 95.5 cm³/mol. The lowest BCUT2D eigenvalue weighted by Crippen LogP contribution is -1.93. The third-order valence-electron chi connectivity index (χ3n) is 2.93. The Kier molecular flexibility index (Phi) is 6.63. The number of benzene rings is 2. The van der Waals surface area contributed by atoms with E-state index in [0.29, 0.717) is 6.61 Å². The maximum atomic E-state index is 5.82. The summed E-state index contributed by atoms with van der Waals surface area (Å²) in [6.45, 7) is 6.58. The number of rotatable bonds is 5. The molecule has 0 unspecified atom stereocenters. The molecule has 0 atom stereocenters. The van der Waals surface area contributed by atoms with Gasteiger partial charge in [0.05, 0.1) is 4.88 Å². The van der Waals surface area contributed by atoms with Crippen molar-refractivity contribution in [2.75, 3.05) is 0 Å². The minimum atomic E-state index is 0.526. The van der Waals surface area contributed by atoms with Gasteiger partial charge in [0.25, 0.3) is 0 Å². The summed E-state index contributed by atoms with van der Waals surface area (Å²) in [6, 6.07) is 17.6. The zero-order valence-electron chi connectivity index (χ0n) is 13.7. The molecule has 0 N–H and O–H groups in total. The van der Waals surface area contributed by atoms with E-state index < -0.39 is 0 Å². The van der Waals surface area contributed by atoms with Crippen LogP contribution in [0.2, 0.25) is 0 Å². The molecule has 0 aliphatic heterocycles. The lowest BCUT2D eigenvalue weighted by Gasteiger charge is -2.09. The van der Waals surface area contributed by atoms with Crippen molar-refractivity contribution in [2.24, 2.45) is 0 Å². The number of hydrogen-bond donors (Lipinski definition) is 0. The van der Waals surface area contributed by atoms with E-state index in [1.54, 1.807) is 6.20 Å². The zero-order valence-corrected chi connectivity index (χ0v) is 14.5. The lowest BCUT2D eigenvalue weighted by atomic mass is 10.2. The quantitative estimate of drug-likeness (QED) is 0.589. The first-order valence-corrected chi connectivity index (χ1v) is 8.44. The van der Waals surface area contributed by atoms with Crippen molar-refractivity contribution in [3.63, 3.8) is 0 Å². The van der Waals surface area contributed by atoms with Crippen LogP contribution in [0.5, 0.6) is 17.2 Å². The highest BCUT2D eigenvalue weighted by molar-refractivity contribution is 7.05. The van der Waals surface area contributed by atoms with Crippen LogP contribution in [-0.4, -0.2) is 4.37 Å². The first kappa shape index (κ1) is 17.0. The molecular weight excluding hydrogens is 306 g/mol. The fourth-order valence-corrected chi connectivity index (χ4v) is 2.33. The Hall–Kier alpha value is -2.33. The van der Waals surface area contributed by atoms with Crippen LogP contribution in [0.3, 0.4) is 0 Å².